The van der Waals surface area contributed by atoms with Gasteiger partial charge in [0, 0.05) is 0 Å². The Hall–Kier alpha value is -0.523. The Morgan fingerprint density at radius 2 is 1.55 bits per heavy atom. The van der Waals surface area contributed by atoms with Gasteiger partial charge in [0.05, 0.1) is 10.2 Å². The minimum absolute atomic E-state index is 0.897. The van der Waals surface area contributed by atoms with Crippen molar-refractivity contribution in [2.75, 3.05) is 0 Å². The first-order chi connectivity index (χ1) is 4.66. The highest BCUT2D eigenvalue weighted by atomic mass is 32.2. The van der Waals surface area contributed by atoms with Crippen molar-refractivity contribution >= 4 is 20.4 Å². The van der Waals surface area contributed by atoms with Crippen molar-refractivity contribution < 1.29 is 26.1 Å². The van der Waals surface area contributed by atoms with E-state index in [0.717, 1.165) is 10.2 Å². The summed E-state index contributed by atoms with van der Waals surface area (Å²) in [6.07, 6.45) is 4.66. The molecule has 0 fully saturated rings. The van der Waals surface area contributed by atoms with Crippen molar-refractivity contribution in [1.82, 2.24) is 0 Å². The lowest BCUT2D eigenvalue weighted by Gasteiger charge is -1.97. The number of terminal acetylenes is 1. The fraction of sp³-hybridized carbons (Fsp3) is 0.333. The molecule has 0 rings (SSSR count). The van der Waals surface area contributed by atoms with Gasteiger partial charge in [-0.1, -0.05) is 0 Å². The highest BCUT2D eigenvalue weighted by Crippen LogP contribution is 2.20. The van der Waals surface area contributed by atoms with Gasteiger partial charge in [0.1, 0.15) is 0 Å². The van der Waals surface area contributed by atoms with Crippen LogP contribution in [-0.2, 0) is 10.1 Å². The highest BCUT2D eigenvalue weighted by Gasteiger charge is 2.44. The van der Waals surface area contributed by atoms with E-state index in [0.29, 0.717) is 0 Å². The van der Waals surface area contributed by atoms with Crippen LogP contribution in [0.4, 0.5) is 13.2 Å². The van der Waals surface area contributed by atoms with Crippen molar-refractivity contribution in [1.29, 1.82) is 0 Å². The smallest absolute Gasteiger partial charge is 0.279 e. The molecule has 1 N–H and O–H groups in total. The van der Waals surface area contributed by atoms with Gasteiger partial charge >= 0.3 is 15.6 Å². The normalized spacial score (nSPS) is 11.2. The molecule has 0 radical (unpaired) electrons. The van der Waals surface area contributed by atoms with Crippen molar-refractivity contribution in [2.45, 2.75) is 5.51 Å². The lowest BCUT2D eigenvalue weighted by atomic mass is 11.4. The van der Waals surface area contributed by atoms with Crippen molar-refractivity contribution in [3.05, 3.63) is 0 Å². The number of rotatable bonds is 0. The Morgan fingerprint density at radius 3 is 1.55 bits per heavy atom. The van der Waals surface area contributed by atoms with E-state index in [4.69, 9.17) is 13.0 Å². The first-order valence-corrected chi connectivity index (χ1v) is 4.52. The van der Waals surface area contributed by atoms with Gasteiger partial charge in [-0.15, -0.1) is 12.0 Å². The van der Waals surface area contributed by atoms with E-state index < -0.39 is 15.6 Å². The predicted octanol–water partition coefficient (Wildman–Crippen LogP) is -0.663. The van der Waals surface area contributed by atoms with Gasteiger partial charge in [0.15, 0.2) is 0 Å². The van der Waals surface area contributed by atoms with Crippen molar-refractivity contribution in [2.24, 2.45) is 0 Å². The fourth-order valence-electron chi connectivity index (χ4n) is 0. The van der Waals surface area contributed by atoms with Gasteiger partial charge in [-0.3, -0.25) is 4.55 Å². The minimum Gasteiger partial charge on any atom is -0.279 e. The second-order valence-electron chi connectivity index (χ2n) is 1.21. The van der Waals surface area contributed by atoms with Crippen LogP contribution in [0.5, 0.6) is 0 Å². The topological polar surface area (TPSA) is 54.4 Å². The summed E-state index contributed by atoms with van der Waals surface area (Å²) < 4.78 is 57.5. The lowest BCUT2D eigenvalue weighted by molar-refractivity contribution is -0.0510. The molecular formula is C3H5F3O3SSi. The van der Waals surface area contributed by atoms with Crippen LogP contribution in [0.3, 0.4) is 0 Å². The van der Waals surface area contributed by atoms with Gasteiger partial charge in [-0.2, -0.15) is 21.6 Å². The molecule has 0 atom stereocenters. The summed E-state index contributed by atoms with van der Waals surface area (Å²) in [5.41, 5.74) is -3.15. The Morgan fingerprint density at radius 1 is 1.45 bits per heavy atom. The van der Waals surface area contributed by atoms with E-state index in [2.05, 4.69) is 12.0 Å². The molecule has 0 aromatic heterocycles. The van der Waals surface area contributed by atoms with Gasteiger partial charge in [-0.05, 0) is 0 Å². The molecule has 0 aromatic carbocycles. The van der Waals surface area contributed by atoms with E-state index in [9.17, 15) is 13.2 Å². The van der Waals surface area contributed by atoms with E-state index >= 15 is 0 Å². The molecule has 0 spiro atoms. The summed E-state index contributed by atoms with van der Waals surface area (Å²) in [5, 5.41) is 0. The van der Waals surface area contributed by atoms with Crippen LogP contribution in [0, 0.1) is 12.0 Å². The Balaban J connectivity index is 0. The molecule has 0 aliphatic heterocycles. The molecular weight excluding hydrogens is 201 g/mol. The lowest BCUT2D eigenvalue weighted by Crippen LogP contribution is -2.21. The number of hydrogen-bond donors (Lipinski definition) is 1. The van der Waals surface area contributed by atoms with E-state index in [-0.39, 0.29) is 0 Å². The Kier molecular flexibility index (Phi) is 5.21. The van der Waals surface area contributed by atoms with Crippen LogP contribution in [-0.4, -0.2) is 28.7 Å². The minimum atomic E-state index is -5.84. The number of halogens is 3. The summed E-state index contributed by atoms with van der Waals surface area (Å²) in [5.74, 6) is 0. The average Bonchev–Trinajstić information content (AvgIpc) is 1.60. The molecule has 0 saturated heterocycles. The molecule has 66 valence electrons. The monoisotopic (exact) mass is 206 g/mol. The molecule has 3 nitrogen and oxygen atoms in total. The Labute approximate surface area is 64.8 Å². The molecule has 0 aliphatic carbocycles. The zero-order valence-corrected chi connectivity index (χ0v) is 8.20. The largest absolute Gasteiger partial charge is 0.522 e. The quantitative estimate of drug-likeness (QED) is 0.248. The third kappa shape index (κ3) is 7.37. The first kappa shape index (κ1) is 13.1. The molecule has 8 heteroatoms. The van der Waals surface area contributed by atoms with Crippen LogP contribution >= 0.6 is 0 Å². The van der Waals surface area contributed by atoms with E-state index in [1.54, 1.807) is 0 Å². The van der Waals surface area contributed by atoms with Crippen molar-refractivity contribution in [3.63, 3.8) is 0 Å². The molecule has 0 aromatic rings. The molecule has 0 saturated carbocycles. The van der Waals surface area contributed by atoms with Crippen LogP contribution in [0.1, 0.15) is 0 Å². The second-order valence-corrected chi connectivity index (χ2v) is 3.20. The average molecular weight is 206 g/mol. The third-order valence-corrected chi connectivity index (χ3v) is 0.877. The number of alkyl halides is 3. The molecule has 0 amide bonds. The van der Waals surface area contributed by atoms with Gasteiger partial charge in [0.25, 0.3) is 0 Å². The fourth-order valence-corrected chi connectivity index (χ4v) is 0. The molecule has 11 heavy (non-hydrogen) atoms. The SMILES string of the molecule is C#C[SiH3].O=S(=O)(O)C(F)(F)F. The van der Waals surface area contributed by atoms with Crippen LogP contribution in [0.2, 0.25) is 0 Å². The maximum Gasteiger partial charge on any atom is 0.522 e. The summed E-state index contributed by atoms with van der Waals surface area (Å²) in [4.78, 5) is 0. The molecule has 0 heterocycles. The Bertz CT molecular complexity index is 236. The van der Waals surface area contributed by atoms with E-state index in [1.807, 2.05) is 0 Å². The maximum absolute atomic E-state index is 10.7. The summed E-state index contributed by atoms with van der Waals surface area (Å²) in [6, 6.07) is 0. The zero-order chi connectivity index (χ0) is 9.71. The predicted molar refractivity (Wildman–Crippen MR) is 36.4 cm³/mol. The third-order valence-electron chi connectivity index (χ3n) is 0.292. The van der Waals surface area contributed by atoms with Crippen LogP contribution < -0.4 is 0 Å². The summed E-state index contributed by atoms with van der Waals surface area (Å²) in [6.45, 7) is 0. The molecule has 0 aliphatic rings. The standard InChI is InChI=1S/C2H4Si.CHF3O3S/c1-2-3;2-1(3,4)8(5,6)7/h1H,3H3;(H,5,6,7). The highest BCUT2D eigenvalue weighted by molar-refractivity contribution is 7.86. The van der Waals surface area contributed by atoms with Crippen molar-refractivity contribution in [3.8, 4) is 12.0 Å². The molecule has 0 bridgehead atoms. The van der Waals surface area contributed by atoms with Gasteiger partial charge in [0.2, 0.25) is 0 Å². The van der Waals surface area contributed by atoms with E-state index in [1.165, 1.54) is 0 Å². The van der Waals surface area contributed by atoms with Crippen LogP contribution in [0.25, 0.3) is 0 Å². The molecule has 0 unspecified atom stereocenters. The summed E-state index contributed by atoms with van der Waals surface area (Å²) in [7, 11) is -4.94. The van der Waals surface area contributed by atoms with Crippen LogP contribution in [0.15, 0.2) is 0 Å². The number of hydrogen-bond acceptors (Lipinski definition) is 2. The van der Waals surface area contributed by atoms with Gasteiger partial charge in [-0.25, -0.2) is 0 Å². The second kappa shape index (κ2) is 4.37. The first-order valence-electron chi connectivity index (χ1n) is 2.08. The van der Waals surface area contributed by atoms with Gasteiger partial charge < -0.3 is 0 Å². The zero-order valence-electron chi connectivity index (χ0n) is 5.38. The summed E-state index contributed by atoms with van der Waals surface area (Å²) >= 11 is 0. The maximum atomic E-state index is 10.7.